The van der Waals surface area contributed by atoms with Gasteiger partial charge in [-0.3, -0.25) is 0 Å². The second kappa shape index (κ2) is 9.65. The quantitative estimate of drug-likeness (QED) is 0.596. The molecule has 5 atom stereocenters. The molecule has 6 heteroatoms. The maximum absolute atomic E-state index is 5.94. The van der Waals surface area contributed by atoms with E-state index in [1.54, 1.807) is 28.4 Å². The molecule has 1 rings (SSSR count). The molecular weight excluding hydrogens is 264 g/mol. The molecule has 0 bridgehead atoms. The van der Waals surface area contributed by atoms with Crippen LogP contribution >= 0.6 is 0 Å². The lowest BCUT2D eigenvalue weighted by atomic mass is 9.98. The molecule has 0 aromatic carbocycles. The lowest BCUT2D eigenvalue weighted by molar-refractivity contribution is -0.313. The fourth-order valence-electron chi connectivity index (χ4n) is 2.46. The molecule has 1 fully saturated rings. The van der Waals surface area contributed by atoms with E-state index in [2.05, 4.69) is 6.92 Å². The minimum atomic E-state index is -0.469. The van der Waals surface area contributed by atoms with Gasteiger partial charge < -0.3 is 28.4 Å². The molecule has 1 aliphatic heterocycles. The van der Waals surface area contributed by atoms with Gasteiger partial charge in [-0.25, -0.2) is 0 Å². The van der Waals surface area contributed by atoms with Crippen LogP contribution in [-0.4, -0.2) is 72.4 Å². The molecule has 0 spiro atoms. The van der Waals surface area contributed by atoms with E-state index in [9.17, 15) is 0 Å². The van der Waals surface area contributed by atoms with Gasteiger partial charge >= 0.3 is 0 Å². The van der Waals surface area contributed by atoms with Crippen molar-refractivity contribution in [1.29, 1.82) is 0 Å². The van der Waals surface area contributed by atoms with Gasteiger partial charge in [0.2, 0.25) is 0 Å². The van der Waals surface area contributed by atoms with E-state index in [-0.39, 0.29) is 24.4 Å². The summed E-state index contributed by atoms with van der Waals surface area (Å²) in [5, 5.41) is 0. The highest BCUT2D eigenvalue weighted by molar-refractivity contribution is 4.92. The molecule has 1 heterocycles. The summed E-state index contributed by atoms with van der Waals surface area (Å²) in [5.41, 5.74) is 0. The number of unbranched alkanes of at least 4 members (excludes halogenated alkanes) is 1. The largest absolute Gasteiger partial charge is 0.382 e. The zero-order valence-corrected chi connectivity index (χ0v) is 13.2. The zero-order valence-electron chi connectivity index (χ0n) is 13.2. The number of methoxy groups -OCH3 is 4. The Hall–Kier alpha value is -0.240. The third kappa shape index (κ3) is 4.38. The summed E-state index contributed by atoms with van der Waals surface area (Å²) in [7, 11) is 6.53. The van der Waals surface area contributed by atoms with Gasteiger partial charge in [-0.2, -0.15) is 0 Å². The Morgan fingerprint density at radius 2 is 1.55 bits per heavy atom. The van der Waals surface area contributed by atoms with Crippen LogP contribution in [0.15, 0.2) is 0 Å². The molecule has 0 saturated carbocycles. The topological polar surface area (TPSA) is 55.4 Å². The molecule has 0 N–H and O–H groups in total. The molecule has 120 valence electrons. The van der Waals surface area contributed by atoms with Gasteiger partial charge in [0.15, 0.2) is 6.29 Å². The zero-order chi connectivity index (χ0) is 15.0. The van der Waals surface area contributed by atoms with E-state index in [0.717, 1.165) is 12.8 Å². The molecule has 0 aromatic rings. The van der Waals surface area contributed by atoms with Crippen molar-refractivity contribution in [3.05, 3.63) is 0 Å². The van der Waals surface area contributed by atoms with Crippen molar-refractivity contribution in [3.63, 3.8) is 0 Å². The Labute approximate surface area is 121 Å². The van der Waals surface area contributed by atoms with Gasteiger partial charge in [0.25, 0.3) is 0 Å². The molecule has 0 aromatic heterocycles. The summed E-state index contributed by atoms with van der Waals surface area (Å²) < 4.78 is 33.5. The van der Waals surface area contributed by atoms with Gasteiger partial charge in [0, 0.05) is 35.0 Å². The highest BCUT2D eigenvalue weighted by Crippen LogP contribution is 2.28. The van der Waals surface area contributed by atoms with Crippen LogP contribution in [0, 0.1) is 0 Å². The monoisotopic (exact) mass is 292 g/mol. The summed E-state index contributed by atoms with van der Waals surface area (Å²) in [6.45, 7) is 3.17. The smallest absolute Gasteiger partial charge is 0.186 e. The maximum atomic E-state index is 5.94. The number of hydrogen-bond acceptors (Lipinski definition) is 6. The highest BCUT2D eigenvalue weighted by Gasteiger charge is 2.47. The van der Waals surface area contributed by atoms with Gasteiger partial charge in [-0.15, -0.1) is 0 Å². The molecule has 1 aliphatic rings. The Morgan fingerprint density at radius 1 is 0.900 bits per heavy atom. The average Bonchev–Trinajstić information content (AvgIpc) is 2.47. The lowest BCUT2D eigenvalue weighted by Gasteiger charge is -2.44. The minimum absolute atomic E-state index is 0.243. The van der Waals surface area contributed by atoms with Crippen LogP contribution in [0.4, 0.5) is 0 Å². The first-order valence-electron chi connectivity index (χ1n) is 7.07. The number of hydrogen-bond donors (Lipinski definition) is 0. The fraction of sp³-hybridized carbons (Fsp3) is 1.00. The Kier molecular flexibility index (Phi) is 8.60. The predicted octanol–water partition coefficient (Wildman–Crippen LogP) is 1.22. The van der Waals surface area contributed by atoms with Crippen LogP contribution < -0.4 is 0 Å². The SMILES string of the molecule is CCCCO[C@H]1O[C@H](COC)[C@@H](OC)[C@H](OC)[C@H]1OC. The number of rotatable bonds is 9. The van der Waals surface area contributed by atoms with Crippen molar-refractivity contribution in [2.45, 2.75) is 50.5 Å². The first kappa shape index (κ1) is 17.8. The molecule has 6 nitrogen and oxygen atoms in total. The van der Waals surface area contributed by atoms with Gasteiger partial charge in [-0.05, 0) is 6.42 Å². The summed E-state index contributed by atoms with van der Waals surface area (Å²) >= 11 is 0. The highest BCUT2D eigenvalue weighted by atomic mass is 16.7. The fourth-order valence-corrected chi connectivity index (χ4v) is 2.46. The van der Waals surface area contributed by atoms with Crippen molar-refractivity contribution in [1.82, 2.24) is 0 Å². The third-order valence-electron chi connectivity index (χ3n) is 3.52. The van der Waals surface area contributed by atoms with Gasteiger partial charge in [0.05, 0.1) is 6.61 Å². The summed E-state index contributed by atoms with van der Waals surface area (Å²) in [4.78, 5) is 0. The Bertz CT molecular complexity index is 250. The van der Waals surface area contributed by atoms with Crippen LogP contribution in [0.25, 0.3) is 0 Å². The first-order chi connectivity index (χ1) is 9.73. The van der Waals surface area contributed by atoms with Crippen LogP contribution in [0.3, 0.4) is 0 Å². The normalized spacial score (nSPS) is 34.4. The van der Waals surface area contributed by atoms with E-state index in [1.165, 1.54) is 0 Å². The van der Waals surface area contributed by atoms with Crippen LogP contribution in [-0.2, 0) is 28.4 Å². The number of ether oxygens (including phenoxy) is 6. The molecule has 0 radical (unpaired) electrons. The van der Waals surface area contributed by atoms with E-state index < -0.39 is 6.29 Å². The second-order valence-electron chi connectivity index (χ2n) is 4.82. The van der Waals surface area contributed by atoms with Crippen molar-refractivity contribution in [3.8, 4) is 0 Å². The van der Waals surface area contributed by atoms with E-state index in [0.29, 0.717) is 13.2 Å². The molecule has 0 amide bonds. The summed E-state index contributed by atoms with van der Waals surface area (Å²) in [6, 6.07) is 0. The molecule has 1 saturated heterocycles. The molecule has 0 unspecified atom stereocenters. The Balaban J connectivity index is 2.77. The van der Waals surface area contributed by atoms with Crippen LogP contribution in [0.5, 0.6) is 0 Å². The average molecular weight is 292 g/mol. The van der Waals surface area contributed by atoms with Crippen molar-refractivity contribution in [2.24, 2.45) is 0 Å². The van der Waals surface area contributed by atoms with E-state index >= 15 is 0 Å². The summed E-state index contributed by atoms with van der Waals surface area (Å²) in [6.07, 6.45) is 0.504. The predicted molar refractivity (Wildman–Crippen MR) is 73.8 cm³/mol. The van der Waals surface area contributed by atoms with Crippen molar-refractivity contribution in [2.75, 3.05) is 41.7 Å². The second-order valence-corrected chi connectivity index (χ2v) is 4.82. The summed E-state index contributed by atoms with van der Waals surface area (Å²) in [5.74, 6) is 0. The van der Waals surface area contributed by atoms with Crippen molar-refractivity contribution >= 4 is 0 Å². The van der Waals surface area contributed by atoms with E-state index in [4.69, 9.17) is 28.4 Å². The third-order valence-corrected chi connectivity index (χ3v) is 3.52. The maximum Gasteiger partial charge on any atom is 0.186 e. The van der Waals surface area contributed by atoms with Crippen LogP contribution in [0.2, 0.25) is 0 Å². The molecule has 0 aliphatic carbocycles. The minimum Gasteiger partial charge on any atom is -0.382 e. The van der Waals surface area contributed by atoms with E-state index in [1.807, 2.05) is 0 Å². The lowest BCUT2D eigenvalue weighted by Crippen LogP contribution is -2.61. The first-order valence-corrected chi connectivity index (χ1v) is 7.07. The Morgan fingerprint density at radius 3 is 2.05 bits per heavy atom. The van der Waals surface area contributed by atoms with Crippen LogP contribution in [0.1, 0.15) is 19.8 Å². The molecular formula is C14H28O6. The van der Waals surface area contributed by atoms with Crippen molar-refractivity contribution < 1.29 is 28.4 Å². The van der Waals surface area contributed by atoms with Gasteiger partial charge in [-0.1, -0.05) is 13.3 Å². The van der Waals surface area contributed by atoms with Gasteiger partial charge in [0.1, 0.15) is 24.4 Å². The molecule has 20 heavy (non-hydrogen) atoms. The standard InChI is InChI=1S/C14H28O6/c1-6-7-8-19-14-13(18-5)12(17-4)11(16-3)10(20-14)9-15-2/h10-14H,6-9H2,1-5H3/t10-,11-,12+,13-,14+/m1/s1.